The zero-order valence-electron chi connectivity index (χ0n) is 9.92. The minimum atomic E-state index is -0.964. The molecule has 19 heavy (non-hydrogen) atoms. The molecule has 0 aliphatic rings. The quantitative estimate of drug-likeness (QED) is 0.853. The fraction of sp³-hybridized carbons (Fsp3) is 0. The number of hydrogen-bond donors (Lipinski definition) is 1. The fourth-order valence-electron chi connectivity index (χ4n) is 1.47. The van der Waals surface area contributed by atoms with Crippen molar-refractivity contribution in [1.82, 2.24) is 0 Å². The highest BCUT2D eigenvalue weighted by Crippen LogP contribution is 2.29. The lowest BCUT2D eigenvalue weighted by Gasteiger charge is -2.07. The van der Waals surface area contributed by atoms with Gasteiger partial charge in [-0.1, -0.05) is 24.3 Å². The van der Waals surface area contributed by atoms with Crippen molar-refractivity contribution >= 4 is 28.0 Å². The molecular formula is C15H11BrO3. The molecule has 0 aliphatic carbocycles. The van der Waals surface area contributed by atoms with E-state index in [4.69, 9.17) is 9.84 Å². The van der Waals surface area contributed by atoms with Gasteiger partial charge in [-0.15, -0.1) is 0 Å². The minimum absolute atomic E-state index is 0.694. The van der Waals surface area contributed by atoms with Crippen LogP contribution in [0.5, 0.6) is 11.5 Å². The van der Waals surface area contributed by atoms with Crippen molar-refractivity contribution in [2.45, 2.75) is 0 Å². The van der Waals surface area contributed by atoms with Crippen molar-refractivity contribution in [2.24, 2.45) is 0 Å². The molecule has 0 aromatic heterocycles. The number of carboxylic acid groups (broad SMARTS) is 1. The summed E-state index contributed by atoms with van der Waals surface area (Å²) in [6.45, 7) is 0. The number of carbonyl (C=O) groups is 1. The Bertz CT molecular complexity index is 603. The molecule has 3 nitrogen and oxygen atoms in total. The van der Waals surface area contributed by atoms with Gasteiger partial charge >= 0.3 is 5.97 Å². The van der Waals surface area contributed by atoms with Gasteiger partial charge in [-0.2, -0.15) is 0 Å². The molecular weight excluding hydrogens is 308 g/mol. The van der Waals surface area contributed by atoms with Gasteiger partial charge in [0.05, 0.1) is 4.47 Å². The zero-order chi connectivity index (χ0) is 13.7. The number of para-hydroxylation sites is 1. The summed E-state index contributed by atoms with van der Waals surface area (Å²) in [4.78, 5) is 10.4. The Morgan fingerprint density at radius 3 is 2.42 bits per heavy atom. The molecule has 0 radical (unpaired) electrons. The molecule has 0 saturated heterocycles. The molecule has 0 fully saturated rings. The van der Waals surface area contributed by atoms with Crippen molar-refractivity contribution in [2.75, 3.05) is 0 Å². The third kappa shape index (κ3) is 3.96. The molecule has 0 spiro atoms. The summed E-state index contributed by atoms with van der Waals surface area (Å²) in [7, 11) is 0. The zero-order valence-corrected chi connectivity index (χ0v) is 11.5. The molecule has 0 unspecified atom stereocenters. The third-order valence-corrected chi connectivity index (χ3v) is 3.02. The van der Waals surface area contributed by atoms with Crippen LogP contribution in [0.3, 0.4) is 0 Å². The molecule has 2 aromatic carbocycles. The normalized spacial score (nSPS) is 10.6. The van der Waals surface area contributed by atoms with E-state index in [0.717, 1.165) is 21.9 Å². The fourth-order valence-corrected chi connectivity index (χ4v) is 1.83. The Labute approximate surface area is 119 Å². The summed E-state index contributed by atoms with van der Waals surface area (Å²) < 4.78 is 6.58. The Morgan fingerprint density at radius 1 is 1.11 bits per heavy atom. The van der Waals surface area contributed by atoms with Crippen LogP contribution in [0.25, 0.3) is 6.08 Å². The number of halogens is 1. The number of rotatable bonds is 4. The third-order valence-electron chi connectivity index (χ3n) is 2.36. The molecule has 2 aromatic rings. The van der Waals surface area contributed by atoms with Crippen LogP contribution in [-0.4, -0.2) is 11.1 Å². The van der Waals surface area contributed by atoms with Gasteiger partial charge in [-0.3, -0.25) is 0 Å². The maximum atomic E-state index is 10.4. The standard InChI is InChI=1S/C15H11BrO3/c16-13-3-1-2-4-14(13)19-12-8-5-11(6-9-12)7-10-15(17)18/h1-10H,(H,17,18)/b10-7+. The van der Waals surface area contributed by atoms with Crippen LogP contribution in [0.15, 0.2) is 59.1 Å². The lowest BCUT2D eigenvalue weighted by Crippen LogP contribution is -1.87. The van der Waals surface area contributed by atoms with Crippen LogP contribution < -0.4 is 4.74 Å². The monoisotopic (exact) mass is 318 g/mol. The molecule has 2 rings (SSSR count). The van der Waals surface area contributed by atoms with Crippen molar-refractivity contribution in [3.8, 4) is 11.5 Å². The summed E-state index contributed by atoms with van der Waals surface area (Å²) in [5.41, 5.74) is 0.807. The first kappa shape index (κ1) is 13.4. The molecule has 0 bridgehead atoms. The second-order valence-electron chi connectivity index (χ2n) is 3.77. The average molecular weight is 319 g/mol. The van der Waals surface area contributed by atoms with E-state index in [2.05, 4.69) is 15.9 Å². The van der Waals surface area contributed by atoms with Crippen LogP contribution in [0.4, 0.5) is 0 Å². The van der Waals surface area contributed by atoms with Crippen molar-refractivity contribution in [3.05, 3.63) is 64.6 Å². The van der Waals surface area contributed by atoms with E-state index in [1.54, 1.807) is 24.3 Å². The van der Waals surface area contributed by atoms with Gasteiger partial charge in [0.25, 0.3) is 0 Å². The summed E-state index contributed by atoms with van der Waals surface area (Å²) >= 11 is 3.41. The maximum Gasteiger partial charge on any atom is 0.328 e. The largest absolute Gasteiger partial charge is 0.478 e. The van der Waals surface area contributed by atoms with Crippen molar-refractivity contribution in [3.63, 3.8) is 0 Å². The van der Waals surface area contributed by atoms with Gasteiger partial charge < -0.3 is 9.84 Å². The predicted molar refractivity (Wildman–Crippen MR) is 77.3 cm³/mol. The first-order valence-corrected chi connectivity index (χ1v) is 6.38. The molecule has 96 valence electrons. The number of carboxylic acids is 1. The predicted octanol–water partition coefficient (Wildman–Crippen LogP) is 4.34. The second-order valence-corrected chi connectivity index (χ2v) is 4.63. The topological polar surface area (TPSA) is 46.5 Å². The Morgan fingerprint density at radius 2 is 1.79 bits per heavy atom. The Balaban J connectivity index is 2.11. The molecule has 0 atom stereocenters. The Hall–Kier alpha value is -2.07. The summed E-state index contributed by atoms with van der Waals surface area (Å²) in [5, 5.41) is 8.54. The van der Waals surface area contributed by atoms with E-state index in [-0.39, 0.29) is 0 Å². The van der Waals surface area contributed by atoms with Gasteiger partial charge in [-0.25, -0.2) is 4.79 Å². The molecule has 4 heteroatoms. The summed E-state index contributed by atoms with van der Waals surface area (Å²) in [6, 6.07) is 14.8. The van der Waals surface area contributed by atoms with Gasteiger partial charge in [0.2, 0.25) is 0 Å². The highest BCUT2D eigenvalue weighted by atomic mass is 79.9. The van der Waals surface area contributed by atoms with Crippen LogP contribution in [-0.2, 0) is 4.79 Å². The van der Waals surface area contributed by atoms with Crippen molar-refractivity contribution in [1.29, 1.82) is 0 Å². The van der Waals surface area contributed by atoms with Crippen LogP contribution >= 0.6 is 15.9 Å². The first-order chi connectivity index (χ1) is 9.15. The number of benzene rings is 2. The second kappa shape index (κ2) is 6.20. The Kier molecular flexibility index (Phi) is 4.36. The first-order valence-electron chi connectivity index (χ1n) is 5.58. The number of aliphatic carboxylic acids is 1. The maximum absolute atomic E-state index is 10.4. The minimum Gasteiger partial charge on any atom is -0.478 e. The van der Waals surface area contributed by atoms with Crippen LogP contribution in [0, 0.1) is 0 Å². The van der Waals surface area contributed by atoms with E-state index in [1.807, 2.05) is 24.3 Å². The number of hydrogen-bond acceptors (Lipinski definition) is 2. The summed E-state index contributed by atoms with van der Waals surface area (Å²) in [5.74, 6) is 0.462. The van der Waals surface area contributed by atoms with Crippen LogP contribution in [0.2, 0.25) is 0 Å². The van der Waals surface area contributed by atoms with Crippen molar-refractivity contribution < 1.29 is 14.6 Å². The number of ether oxygens (including phenoxy) is 1. The van der Waals surface area contributed by atoms with E-state index >= 15 is 0 Å². The highest BCUT2D eigenvalue weighted by Gasteiger charge is 2.01. The van der Waals surface area contributed by atoms with Crippen LogP contribution in [0.1, 0.15) is 5.56 Å². The van der Waals surface area contributed by atoms with E-state index in [9.17, 15) is 4.79 Å². The van der Waals surface area contributed by atoms with Gasteiger partial charge in [-0.05, 0) is 51.8 Å². The molecule has 0 aliphatic heterocycles. The lowest BCUT2D eigenvalue weighted by molar-refractivity contribution is -0.131. The van der Waals surface area contributed by atoms with E-state index < -0.39 is 5.97 Å². The van der Waals surface area contributed by atoms with Gasteiger partial charge in [0.15, 0.2) is 0 Å². The van der Waals surface area contributed by atoms with Gasteiger partial charge in [0, 0.05) is 6.08 Å². The molecule has 0 amide bonds. The molecule has 0 saturated carbocycles. The van der Waals surface area contributed by atoms with E-state index in [1.165, 1.54) is 6.08 Å². The highest BCUT2D eigenvalue weighted by molar-refractivity contribution is 9.10. The van der Waals surface area contributed by atoms with E-state index in [0.29, 0.717) is 5.75 Å². The van der Waals surface area contributed by atoms with Gasteiger partial charge in [0.1, 0.15) is 11.5 Å². The smallest absolute Gasteiger partial charge is 0.328 e. The SMILES string of the molecule is O=C(O)/C=C/c1ccc(Oc2ccccc2Br)cc1. The average Bonchev–Trinajstić information content (AvgIpc) is 2.40. The summed E-state index contributed by atoms with van der Waals surface area (Å²) in [6.07, 6.45) is 2.63. The molecule has 0 heterocycles. The molecule has 1 N–H and O–H groups in total. The lowest BCUT2D eigenvalue weighted by atomic mass is 10.2.